The van der Waals surface area contributed by atoms with E-state index in [0.29, 0.717) is 0 Å². The maximum Gasteiger partial charge on any atom is 0.132 e. The Kier molecular flexibility index (Phi) is 5.77. The Morgan fingerprint density at radius 1 is 1.38 bits per heavy atom. The van der Waals surface area contributed by atoms with Gasteiger partial charge in [-0.25, -0.2) is 0 Å². The van der Waals surface area contributed by atoms with Gasteiger partial charge in [-0.15, -0.1) is 5.54 Å². The van der Waals surface area contributed by atoms with Gasteiger partial charge in [-0.05, 0) is 12.5 Å². The molecule has 74 valence electrons. The van der Waals surface area contributed by atoms with Crippen LogP contribution in [0.1, 0.15) is 19.8 Å². The normalized spacial score (nSPS) is 13.9. The van der Waals surface area contributed by atoms with Crippen molar-refractivity contribution in [2.24, 2.45) is 0 Å². The van der Waals surface area contributed by atoms with E-state index in [1.165, 1.54) is 0 Å². The fraction of sp³-hybridized carbons (Fsp3) is 0.636. The molecule has 2 heteroatoms. The third-order valence-electron chi connectivity index (χ3n) is 1.37. The van der Waals surface area contributed by atoms with Crippen LogP contribution >= 0.6 is 0 Å². The number of aliphatic hydroxyl groups excluding tert-OH is 1. The molecule has 1 nitrogen and oxygen atoms in total. The number of hydrogen-bond donors (Lipinski definition) is 1. The van der Waals surface area contributed by atoms with Crippen molar-refractivity contribution in [2.75, 3.05) is 0 Å². The molecule has 0 aliphatic carbocycles. The minimum atomic E-state index is -1.32. The molecule has 0 rings (SSSR count). The summed E-state index contributed by atoms with van der Waals surface area (Å²) in [5, 5.41) is 9.40. The molecule has 13 heavy (non-hydrogen) atoms. The summed E-state index contributed by atoms with van der Waals surface area (Å²) < 4.78 is 0. The molecule has 0 spiro atoms. The Labute approximate surface area is 82.9 Å². The van der Waals surface area contributed by atoms with Gasteiger partial charge in [-0.3, -0.25) is 0 Å². The van der Waals surface area contributed by atoms with Crippen molar-refractivity contribution in [3.63, 3.8) is 0 Å². The molecule has 0 aliphatic heterocycles. The molecule has 0 aromatic rings. The average molecular weight is 196 g/mol. The maximum absolute atomic E-state index is 9.40. The third kappa shape index (κ3) is 9.39. The SMILES string of the molecule is CCC/C=C/[C@H](O)C#C[Si](C)(C)C. The fourth-order valence-corrected chi connectivity index (χ4v) is 1.31. The van der Waals surface area contributed by atoms with Crippen LogP contribution in [0.5, 0.6) is 0 Å². The first kappa shape index (κ1) is 12.5. The van der Waals surface area contributed by atoms with Crippen LogP contribution in [-0.4, -0.2) is 19.3 Å². The zero-order valence-electron chi connectivity index (χ0n) is 9.09. The van der Waals surface area contributed by atoms with Gasteiger partial charge in [0.1, 0.15) is 14.2 Å². The lowest BCUT2D eigenvalue weighted by Gasteiger charge is -2.04. The second-order valence-electron chi connectivity index (χ2n) is 4.18. The molecule has 0 heterocycles. The first-order chi connectivity index (χ1) is 5.95. The van der Waals surface area contributed by atoms with Gasteiger partial charge in [0.2, 0.25) is 0 Å². The minimum Gasteiger partial charge on any atom is -0.377 e. The number of aliphatic hydroxyl groups is 1. The lowest BCUT2D eigenvalue weighted by Crippen LogP contribution is -2.17. The molecule has 0 unspecified atom stereocenters. The molecule has 0 fully saturated rings. The van der Waals surface area contributed by atoms with Crippen molar-refractivity contribution in [2.45, 2.75) is 45.5 Å². The molecule has 1 N–H and O–H groups in total. The fourth-order valence-electron chi connectivity index (χ4n) is 0.730. The van der Waals surface area contributed by atoms with Crippen LogP contribution in [0.2, 0.25) is 19.6 Å². The van der Waals surface area contributed by atoms with E-state index in [-0.39, 0.29) is 0 Å². The van der Waals surface area contributed by atoms with Crippen molar-refractivity contribution in [1.82, 2.24) is 0 Å². The first-order valence-electron chi connectivity index (χ1n) is 4.83. The molecule has 0 aromatic heterocycles. The number of rotatable bonds is 3. The molecule has 1 atom stereocenters. The molecule has 0 bridgehead atoms. The van der Waals surface area contributed by atoms with Crippen molar-refractivity contribution < 1.29 is 5.11 Å². The van der Waals surface area contributed by atoms with Crippen molar-refractivity contribution >= 4 is 8.07 Å². The van der Waals surface area contributed by atoms with Crippen LogP contribution in [0, 0.1) is 11.5 Å². The zero-order chi connectivity index (χ0) is 10.3. The Balaban J connectivity index is 3.97. The standard InChI is InChI=1S/C11H20OSi/c1-5-6-7-8-11(12)9-10-13(2,3)4/h7-8,11-12H,5-6H2,1-4H3/b8-7+/t11-/m0/s1. The van der Waals surface area contributed by atoms with E-state index < -0.39 is 14.2 Å². The monoisotopic (exact) mass is 196 g/mol. The Morgan fingerprint density at radius 3 is 2.46 bits per heavy atom. The average Bonchev–Trinajstić information content (AvgIpc) is 2.00. The minimum absolute atomic E-state index is 0.571. The summed E-state index contributed by atoms with van der Waals surface area (Å²) >= 11 is 0. The zero-order valence-corrected chi connectivity index (χ0v) is 10.1. The molecule has 0 amide bonds. The van der Waals surface area contributed by atoms with E-state index in [2.05, 4.69) is 38.0 Å². The maximum atomic E-state index is 9.40. The molecule has 0 saturated carbocycles. The van der Waals surface area contributed by atoms with E-state index in [4.69, 9.17) is 0 Å². The van der Waals surface area contributed by atoms with Gasteiger partial charge in [0.25, 0.3) is 0 Å². The highest BCUT2D eigenvalue weighted by atomic mass is 28.3. The predicted molar refractivity (Wildman–Crippen MR) is 61.2 cm³/mol. The smallest absolute Gasteiger partial charge is 0.132 e. The highest BCUT2D eigenvalue weighted by Gasteiger charge is 2.07. The van der Waals surface area contributed by atoms with E-state index in [0.717, 1.165) is 12.8 Å². The van der Waals surface area contributed by atoms with E-state index >= 15 is 0 Å². The summed E-state index contributed by atoms with van der Waals surface area (Å²) in [7, 11) is -1.32. The number of hydrogen-bond acceptors (Lipinski definition) is 1. The quantitative estimate of drug-likeness (QED) is 0.418. The second kappa shape index (κ2) is 6.01. The van der Waals surface area contributed by atoms with Gasteiger partial charge in [0.15, 0.2) is 0 Å². The highest BCUT2D eigenvalue weighted by molar-refractivity contribution is 6.83. The summed E-state index contributed by atoms with van der Waals surface area (Å²) in [5.41, 5.74) is 3.14. The van der Waals surface area contributed by atoms with Crippen molar-refractivity contribution in [1.29, 1.82) is 0 Å². The predicted octanol–water partition coefficient (Wildman–Crippen LogP) is 2.58. The van der Waals surface area contributed by atoms with Crippen LogP contribution in [0.15, 0.2) is 12.2 Å². The van der Waals surface area contributed by atoms with Crippen molar-refractivity contribution in [3.8, 4) is 11.5 Å². The van der Waals surface area contributed by atoms with Crippen LogP contribution in [0.25, 0.3) is 0 Å². The van der Waals surface area contributed by atoms with E-state index in [1.807, 2.05) is 6.08 Å². The summed E-state index contributed by atoms with van der Waals surface area (Å²) in [6.45, 7) is 8.62. The van der Waals surface area contributed by atoms with Crippen LogP contribution in [0.4, 0.5) is 0 Å². The van der Waals surface area contributed by atoms with Crippen LogP contribution in [-0.2, 0) is 0 Å². The van der Waals surface area contributed by atoms with Gasteiger partial charge in [-0.1, -0.05) is 45.0 Å². The summed E-state index contributed by atoms with van der Waals surface area (Å²) in [5.74, 6) is 2.86. The van der Waals surface area contributed by atoms with Crippen LogP contribution < -0.4 is 0 Å². The van der Waals surface area contributed by atoms with E-state index in [1.54, 1.807) is 6.08 Å². The lowest BCUT2D eigenvalue weighted by molar-refractivity contribution is 0.280. The van der Waals surface area contributed by atoms with Gasteiger partial charge >= 0.3 is 0 Å². The summed E-state index contributed by atoms with van der Waals surface area (Å²) in [6.07, 6.45) is 5.33. The largest absolute Gasteiger partial charge is 0.377 e. The Morgan fingerprint density at radius 2 is 2.00 bits per heavy atom. The highest BCUT2D eigenvalue weighted by Crippen LogP contribution is 1.97. The van der Waals surface area contributed by atoms with Crippen LogP contribution in [0.3, 0.4) is 0 Å². The van der Waals surface area contributed by atoms with Gasteiger partial charge in [-0.2, -0.15) is 0 Å². The summed E-state index contributed by atoms with van der Waals surface area (Å²) in [6, 6.07) is 0. The Hall–Kier alpha value is -0.523. The molecular formula is C11H20OSi. The van der Waals surface area contributed by atoms with Gasteiger partial charge in [0, 0.05) is 0 Å². The molecule has 0 aliphatic rings. The van der Waals surface area contributed by atoms with E-state index in [9.17, 15) is 5.11 Å². The van der Waals surface area contributed by atoms with Crippen molar-refractivity contribution in [3.05, 3.63) is 12.2 Å². The molecule has 0 aromatic carbocycles. The number of allylic oxidation sites excluding steroid dienone is 1. The number of unbranched alkanes of at least 4 members (excludes halogenated alkanes) is 1. The molecule has 0 saturated heterocycles. The second-order valence-corrected chi connectivity index (χ2v) is 8.93. The Bertz CT molecular complexity index is 214. The summed E-state index contributed by atoms with van der Waals surface area (Å²) in [4.78, 5) is 0. The topological polar surface area (TPSA) is 20.2 Å². The van der Waals surface area contributed by atoms with Gasteiger partial charge < -0.3 is 5.11 Å². The lowest BCUT2D eigenvalue weighted by atomic mass is 10.2. The third-order valence-corrected chi connectivity index (χ3v) is 2.26. The van der Waals surface area contributed by atoms with Gasteiger partial charge in [0.05, 0.1) is 0 Å². The first-order valence-corrected chi connectivity index (χ1v) is 8.33. The molecular weight excluding hydrogens is 176 g/mol. The molecule has 0 radical (unpaired) electrons.